The Balaban J connectivity index is 2.24. The number of nitrogens with zero attached hydrogens (tertiary/aromatic N) is 1. The van der Waals surface area contributed by atoms with E-state index in [1.807, 2.05) is 12.1 Å². The van der Waals surface area contributed by atoms with E-state index in [1.54, 1.807) is 6.07 Å². The molecule has 20 heavy (non-hydrogen) atoms. The van der Waals surface area contributed by atoms with Crippen LogP contribution in [0.3, 0.4) is 0 Å². The molecule has 3 nitrogen and oxygen atoms in total. The van der Waals surface area contributed by atoms with Gasteiger partial charge in [0.05, 0.1) is 11.3 Å². The molecule has 110 valence electrons. The smallest absolute Gasteiger partial charge is 0.338 e. The van der Waals surface area contributed by atoms with Gasteiger partial charge < -0.3 is 10.0 Å². The molecule has 0 amide bonds. The highest BCUT2D eigenvalue weighted by atomic mass is 79.9. The Bertz CT molecular complexity index is 487. The molecule has 1 N–H and O–H groups in total. The van der Waals surface area contributed by atoms with Crippen LogP contribution in [-0.2, 0) is 0 Å². The summed E-state index contributed by atoms with van der Waals surface area (Å²) in [6.07, 6.45) is 3.52. The molecule has 1 fully saturated rings. The van der Waals surface area contributed by atoms with Crippen molar-refractivity contribution in [3.63, 3.8) is 0 Å². The fourth-order valence-electron chi connectivity index (χ4n) is 3.02. The monoisotopic (exact) mass is 339 g/mol. The highest BCUT2D eigenvalue weighted by molar-refractivity contribution is 9.10. The summed E-state index contributed by atoms with van der Waals surface area (Å²) in [5.74, 6) is 0.592. The molecular weight excluding hydrogens is 318 g/mol. The number of carboxylic acids is 1. The van der Waals surface area contributed by atoms with E-state index in [4.69, 9.17) is 0 Å². The highest BCUT2D eigenvalue weighted by Gasteiger charge is 2.23. The lowest BCUT2D eigenvalue weighted by atomic mass is 9.89. The maximum Gasteiger partial charge on any atom is 0.338 e. The van der Waals surface area contributed by atoms with Crippen LogP contribution in [0.1, 0.15) is 43.5 Å². The van der Waals surface area contributed by atoms with Crippen molar-refractivity contribution >= 4 is 27.6 Å². The Morgan fingerprint density at radius 1 is 1.35 bits per heavy atom. The predicted molar refractivity (Wildman–Crippen MR) is 85.5 cm³/mol. The number of anilines is 1. The largest absolute Gasteiger partial charge is 0.478 e. The summed E-state index contributed by atoms with van der Waals surface area (Å²) in [6.45, 7) is 6.45. The normalized spacial score (nSPS) is 20.0. The van der Waals surface area contributed by atoms with Gasteiger partial charge in [-0.05, 0) is 59.2 Å². The molecule has 1 aliphatic rings. The number of carbonyl (C=O) groups is 1. The van der Waals surface area contributed by atoms with Crippen LogP contribution in [0.2, 0.25) is 0 Å². The van der Waals surface area contributed by atoms with E-state index >= 15 is 0 Å². The quantitative estimate of drug-likeness (QED) is 0.886. The van der Waals surface area contributed by atoms with Crippen LogP contribution in [-0.4, -0.2) is 24.2 Å². The van der Waals surface area contributed by atoms with Gasteiger partial charge in [0.15, 0.2) is 0 Å². The van der Waals surface area contributed by atoms with Gasteiger partial charge in [0.25, 0.3) is 0 Å². The van der Waals surface area contributed by atoms with Gasteiger partial charge in [-0.25, -0.2) is 4.79 Å². The van der Waals surface area contributed by atoms with Gasteiger partial charge in [-0.2, -0.15) is 0 Å². The van der Waals surface area contributed by atoms with Crippen LogP contribution in [0.5, 0.6) is 0 Å². The van der Waals surface area contributed by atoms with Crippen LogP contribution in [0.25, 0.3) is 0 Å². The van der Waals surface area contributed by atoms with Gasteiger partial charge in [-0.15, -0.1) is 0 Å². The van der Waals surface area contributed by atoms with Gasteiger partial charge in [-0.3, -0.25) is 0 Å². The second-order valence-corrected chi connectivity index (χ2v) is 6.72. The molecule has 0 spiro atoms. The molecule has 1 aliphatic heterocycles. The van der Waals surface area contributed by atoms with Crippen LogP contribution in [0, 0.1) is 11.8 Å². The molecule has 0 bridgehead atoms. The number of hydrogen-bond acceptors (Lipinski definition) is 2. The molecular formula is C16H22BrNO2. The molecule has 1 heterocycles. The lowest BCUT2D eigenvalue weighted by Crippen LogP contribution is -2.26. The summed E-state index contributed by atoms with van der Waals surface area (Å²) in [5, 5.41) is 9.43. The first-order valence-corrected chi connectivity index (χ1v) is 8.06. The highest BCUT2D eigenvalue weighted by Crippen LogP contribution is 2.32. The maximum atomic E-state index is 11.5. The third-order valence-electron chi connectivity index (χ3n) is 4.26. The first kappa shape index (κ1) is 15.4. The summed E-state index contributed by atoms with van der Waals surface area (Å²) in [6, 6.07) is 5.63. The fourth-order valence-corrected chi connectivity index (χ4v) is 3.54. The van der Waals surface area contributed by atoms with Crippen LogP contribution >= 0.6 is 15.9 Å². The summed E-state index contributed by atoms with van der Waals surface area (Å²) in [7, 11) is 0. The average Bonchev–Trinajstić information content (AvgIpc) is 2.63. The molecule has 1 atom stereocenters. The van der Waals surface area contributed by atoms with Crippen molar-refractivity contribution in [1.29, 1.82) is 0 Å². The Morgan fingerprint density at radius 2 is 2.10 bits per heavy atom. The fraction of sp³-hybridized carbons (Fsp3) is 0.562. The van der Waals surface area contributed by atoms with Crippen molar-refractivity contribution in [2.45, 2.75) is 33.1 Å². The number of rotatable bonds is 3. The van der Waals surface area contributed by atoms with Crippen LogP contribution < -0.4 is 4.90 Å². The topological polar surface area (TPSA) is 40.5 Å². The third-order valence-corrected chi connectivity index (χ3v) is 4.92. The zero-order valence-electron chi connectivity index (χ0n) is 12.1. The Kier molecular flexibility index (Phi) is 5.08. The van der Waals surface area contributed by atoms with Crippen molar-refractivity contribution in [3.8, 4) is 0 Å². The Morgan fingerprint density at radius 3 is 2.75 bits per heavy atom. The number of halogens is 1. The van der Waals surface area contributed by atoms with Crippen molar-refractivity contribution in [2.75, 3.05) is 18.0 Å². The second-order valence-electron chi connectivity index (χ2n) is 5.86. The molecule has 0 aromatic heterocycles. The minimum atomic E-state index is -0.864. The molecule has 1 unspecified atom stereocenters. The summed E-state index contributed by atoms with van der Waals surface area (Å²) in [5.41, 5.74) is 1.23. The van der Waals surface area contributed by atoms with E-state index in [1.165, 1.54) is 6.42 Å². The minimum absolute atomic E-state index is 0.385. The molecule has 0 radical (unpaired) electrons. The van der Waals surface area contributed by atoms with Gasteiger partial charge in [0.1, 0.15) is 0 Å². The van der Waals surface area contributed by atoms with E-state index < -0.39 is 5.97 Å². The van der Waals surface area contributed by atoms with E-state index in [-0.39, 0.29) is 0 Å². The van der Waals surface area contributed by atoms with E-state index in [2.05, 4.69) is 34.7 Å². The number of carboxylic acid groups (broad SMARTS) is 1. The minimum Gasteiger partial charge on any atom is -0.478 e. The zero-order valence-corrected chi connectivity index (χ0v) is 13.7. The van der Waals surface area contributed by atoms with Crippen LogP contribution in [0.15, 0.2) is 22.7 Å². The third kappa shape index (κ3) is 3.35. The number of hydrogen-bond donors (Lipinski definition) is 1. The predicted octanol–water partition coefficient (Wildman–Crippen LogP) is 4.41. The molecule has 1 saturated heterocycles. The number of aromatic carboxylic acids is 1. The zero-order chi connectivity index (χ0) is 14.7. The van der Waals surface area contributed by atoms with Gasteiger partial charge in [-0.1, -0.05) is 19.9 Å². The van der Waals surface area contributed by atoms with Gasteiger partial charge in [0.2, 0.25) is 0 Å². The molecule has 0 aliphatic carbocycles. The van der Waals surface area contributed by atoms with E-state index in [0.717, 1.165) is 37.5 Å². The van der Waals surface area contributed by atoms with E-state index in [0.29, 0.717) is 16.0 Å². The SMILES string of the molecule is CC(C)C1CCCN(c2cccc(Br)c2C(=O)O)CC1. The van der Waals surface area contributed by atoms with Crippen LogP contribution in [0.4, 0.5) is 5.69 Å². The lowest BCUT2D eigenvalue weighted by Gasteiger charge is -2.25. The Labute approximate surface area is 129 Å². The summed E-state index contributed by atoms with van der Waals surface area (Å²) >= 11 is 3.36. The summed E-state index contributed by atoms with van der Waals surface area (Å²) < 4.78 is 0.659. The van der Waals surface area contributed by atoms with Crippen molar-refractivity contribution in [3.05, 3.63) is 28.2 Å². The van der Waals surface area contributed by atoms with Gasteiger partial charge >= 0.3 is 5.97 Å². The molecule has 0 saturated carbocycles. The molecule has 1 aromatic carbocycles. The van der Waals surface area contributed by atoms with Crippen molar-refractivity contribution in [2.24, 2.45) is 11.8 Å². The van der Waals surface area contributed by atoms with E-state index in [9.17, 15) is 9.90 Å². The Hall–Kier alpha value is -1.03. The first-order chi connectivity index (χ1) is 9.50. The second kappa shape index (κ2) is 6.61. The lowest BCUT2D eigenvalue weighted by molar-refractivity contribution is 0.0696. The average molecular weight is 340 g/mol. The molecule has 1 aromatic rings. The van der Waals surface area contributed by atoms with Gasteiger partial charge in [0, 0.05) is 17.6 Å². The van der Waals surface area contributed by atoms with Crippen molar-refractivity contribution in [1.82, 2.24) is 0 Å². The standard InChI is InChI=1S/C16H22BrNO2/c1-11(2)12-5-4-9-18(10-8-12)14-7-3-6-13(17)15(14)16(19)20/h3,6-7,11-12H,4-5,8-10H2,1-2H3,(H,19,20). The first-order valence-electron chi connectivity index (χ1n) is 7.27. The number of benzene rings is 1. The van der Waals surface area contributed by atoms with Crippen molar-refractivity contribution < 1.29 is 9.90 Å². The molecule has 4 heteroatoms. The summed E-state index contributed by atoms with van der Waals surface area (Å²) in [4.78, 5) is 13.7. The maximum absolute atomic E-state index is 11.5. The molecule has 2 rings (SSSR count).